The fourth-order valence-electron chi connectivity index (χ4n) is 1.66. The van der Waals surface area contributed by atoms with Crippen molar-refractivity contribution in [1.29, 1.82) is 0 Å². The van der Waals surface area contributed by atoms with Crippen LogP contribution in [0.1, 0.15) is 20.3 Å². The molecule has 0 amide bonds. The van der Waals surface area contributed by atoms with Gasteiger partial charge in [-0.1, -0.05) is 13.8 Å². The van der Waals surface area contributed by atoms with Gasteiger partial charge in [0.1, 0.15) is 0 Å². The van der Waals surface area contributed by atoms with Gasteiger partial charge in [0.2, 0.25) is 10.0 Å². The lowest BCUT2D eigenvalue weighted by atomic mass is 10.1. The highest BCUT2D eigenvalue weighted by Crippen LogP contribution is 2.13. The Morgan fingerprint density at radius 1 is 1.28 bits per heavy atom. The van der Waals surface area contributed by atoms with Gasteiger partial charge < -0.3 is 10.8 Å². The molecule has 1 aromatic carbocycles. The van der Waals surface area contributed by atoms with E-state index in [1.165, 1.54) is 24.3 Å². The summed E-state index contributed by atoms with van der Waals surface area (Å²) < 4.78 is 26.6. The van der Waals surface area contributed by atoms with Crippen LogP contribution in [0.4, 0.5) is 5.69 Å². The molecule has 0 aliphatic carbocycles. The predicted molar refractivity (Wildman–Crippen MR) is 71.5 cm³/mol. The average Bonchev–Trinajstić information content (AvgIpc) is 2.27. The first-order chi connectivity index (χ1) is 8.35. The summed E-state index contributed by atoms with van der Waals surface area (Å²) in [6.07, 6.45) is 0.588. The first-order valence-electron chi connectivity index (χ1n) is 5.84. The fraction of sp³-hybridized carbons (Fsp3) is 0.500. The Kier molecular flexibility index (Phi) is 5.13. The molecule has 0 fully saturated rings. The third-order valence-electron chi connectivity index (χ3n) is 2.49. The average molecular weight is 272 g/mol. The van der Waals surface area contributed by atoms with Crippen molar-refractivity contribution in [3.05, 3.63) is 24.3 Å². The normalized spacial score (nSPS) is 13.8. The number of hydrogen-bond acceptors (Lipinski definition) is 4. The minimum Gasteiger partial charge on any atom is -0.399 e. The number of nitrogen functional groups attached to an aromatic ring is 1. The zero-order valence-electron chi connectivity index (χ0n) is 10.6. The fourth-order valence-corrected chi connectivity index (χ4v) is 2.90. The Bertz CT molecular complexity index is 469. The van der Waals surface area contributed by atoms with Crippen molar-refractivity contribution in [3.63, 3.8) is 0 Å². The molecule has 102 valence electrons. The summed E-state index contributed by atoms with van der Waals surface area (Å²) in [7, 11) is -3.60. The lowest BCUT2D eigenvalue weighted by Gasteiger charge is -2.18. The number of nitrogens with two attached hydrogens (primary N) is 1. The van der Waals surface area contributed by atoms with Crippen LogP contribution in [0.15, 0.2) is 29.2 Å². The standard InChI is InChI=1S/C12H20N2O3S/c1-9(2)7-11(8-15)14-18(16,17)12-5-3-10(13)4-6-12/h3-6,9,11,14-15H,7-8,13H2,1-2H3. The maximum absolute atomic E-state index is 12.0. The quantitative estimate of drug-likeness (QED) is 0.672. The van der Waals surface area contributed by atoms with E-state index >= 15 is 0 Å². The van der Waals surface area contributed by atoms with Crippen molar-refractivity contribution in [3.8, 4) is 0 Å². The first kappa shape index (κ1) is 14.9. The Labute approximate surface area is 108 Å². The van der Waals surface area contributed by atoms with Crippen LogP contribution in [-0.2, 0) is 10.0 Å². The van der Waals surface area contributed by atoms with E-state index in [4.69, 9.17) is 5.73 Å². The Morgan fingerprint density at radius 3 is 2.28 bits per heavy atom. The third kappa shape index (κ3) is 4.29. The summed E-state index contributed by atoms with van der Waals surface area (Å²) in [6.45, 7) is 3.73. The molecular weight excluding hydrogens is 252 g/mol. The Hall–Kier alpha value is -1.11. The van der Waals surface area contributed by atoms with E-state index in [-0.39, 0.29) is 11.5 Å². The van der Waals surface area contributed by atoms with Crippen LogP contribution in [0.2, 0.25) is 0 Å². The van der Waals surface area contributed by atoms with Gasteiger partial charge in [-0.2, -0.15) is 0 Å². The molecule has 0 aliphatic heterocycles. The molecule has 1 rings (SSSR count). The van der Waals surface area contributed by atoms with Gasteiger partial charge in [0.05, 0.1) is 11.5 Å². The van der Waals surface area contributed by atoms with Gasteiger partial charge >= 0.3 is 0 Å². The summed E-state index contributed by atoms with van der Waals surface area (Å²) in [5.41, 5.74) is 6.02. The molecule has 6 heteroatoms. The first-order valence-corrected chi connectivity index (χ1v) is 7.32. The van der Waals surface area contributed by atoms with E-state index in [1.807, 2.05) is 13.8 Å². The van der Waals surface area contributed by atoms with Gasteiger partial charge in [-0.25, -0.2) is 13.1 Å². The lowest BCUT2D eigenvalue weighted by Crippen LogP contribution is -2.38. The zero-order valence-corrected chi connectivity index (χ0v) is 11.4. The highest BCUT2D eigenvalue weighted by molar-refractivity contribution is 7.89. The van der Waals surface area contributed by atoms with Gasteiger partial charge in [0, 0.05) is 11.7 Å². The van der Waals surface area contributed by atoms with Gasteiger partial charge in [0.25, 0.3) is 0 Å². The maximum atomic E-state index is 12.0. The lowest BCUT2D eigenvalue weighted by molar-refractivity contribution is 0.240. The molecule has 0 spiro atoms. The predicted octanol–water partition coefficient (Wildman–Crippen LogP) is 0.954. The summed E-state index contributed by atoms with van der Waals surface area (Å²) in [6, 6.07) is 5.49. The van der Waals surface area contributed by atoms with E-state index in [0.717, 1.165) is 0 Å². The molecule has 1 atom stereocenters. The summed E-state index contributed by atoms with van der Waals surface area (Å²) in [5, 5.41) is 9.18. The second-order valence-corrected chi connectivity index (χ2v) is 6.41. The Morgan fingerprint density at radius 2 is 1.83 bits per heavy atom. The zero-order chi connectivity index (χ0) is 13.8. The topological polar surface area (TPSA) is 92.4 Å². The monoisotopic (exact) mass is 272 g/mol. The summed E-state index contributed by atoms with van der Waals surface area (Å²) >= 11 is 0. The Balaban J connectivity index is 2.83. The number of sulfonamides is 1. The maximum Gasteiger partial charge on any atom is 0.240 e. The molecule has 0 heterocycles. The second-order valence-electron chi connectivity index (χ2n) is 4.70. The number of benzene rings is 1. The van der Waals surface area contributed by atoms with E-state index < -0.39 is 16.1 Å². The molecule has 0 saturated heterocycles. The largest absolute Gasteiger partial charge is 0.399 e. The van der Waals surface area contributed by atoms with Crippen LogP contribution in [0, 0.1) is 5.92 Å². The molecule has 0 saturated carbocycles. The van der Waals surface area contributed by atoms with Gasteiger partial charge in [-0.15, -0.1) is 0 Å². The number of rotatable bonds is 6. The van der Waals surface area contributed by atoms with E-state index in [9.17, 15) is 13.5 Å². The van der Waals surface area contributed by atoms with E-state index in [1.54, 1.807) is 0 Å². The van der Waals surface area contributed by atoms with Gasteiger partial charge in [-0.05, 0) is 36.6 Å². The van der Waals surface area contributed by atoms with Crippen LogP contribution >= 0.6 is 0 Å². The molecule has 5 nitrogen and oxygen atoms in total. The second kappa shape index (κ2) is 6.17. The SMILES string of the molecule is CC(C)CC(CO)NS(=O)(=O)c1ccc(N)cc1. The highest BCUT2D eigenvalue weighted by Gasteiger charge is 2.20. The van der Waals surface area contributed by atoms with Crippen molar-refractivity contribution in [2.24, 2.45) is 5.92 Å². The molecule has 1 aromatic rings. The molecule has 0 aromatic heterocycles. The number of hydrogen-bond donors (Lipinski definition) is 3. The third-order valence-corrected chi connectivity index (χ3v) is 4.02. The smallest absolute Gasteiger partial charge is 0.240 e. The van der Waals surface area contributed by atoms with Crippen molar-refractivity contribution in [2.45, 2.75) is 31.2 Å². The van der Waals surface area contributed by atoms with E-state index in [2.05, 4.69) is 4.72 Å². The van der Waals surface area contributed by atoms with E-state index in [0.29, 0.717) is 18.0 Å². The molecule has 0 radical (unpaired) electrons. The van der Waals surface area contributed by atoms with Crippen molar-refractivity contribution >= 4 is 15.7 Å². The molecular formula is C12H20N2O3S. The van der Waals surface area contributed by atoms with Crippen molar-refractivity contribution < 1.29 is 13.5 Å². The molecule has 0 aliphatic rings. The number of nitrogens with one attached hydrogen (secondary N) is 1. The number of aliphatic hydroxyl groups excluding tert-OH is 1. The number of anilines is 1. The molecule has 1 unspecified atom stereocenters. The number of aliphatic hydroxyl groups is 1. The molecule has 4 N–H and O–H groups in total. The van der Waals surface area contributed by atoms with Crippen LogP contribution in [-0.4, -0.2) is 26.2 Å². The van der Waals surface area contributed by atoms with Crippen LogP contribution in [0.3, 0.4) is 0 Å². The summed E-state index contributed by atoms with van der Waals surface area (Å²) in [5.74, 6) is 0.302. The molecule has 0 bridgehead atoms. The van der Waals surface area contributed by atoms with Crippen molar-refractivity contribution in [1.82, 2.24) is 4.72 Å². The summed E-state index contributed by atoms with van der Waals surface area (Å²) in [4.78, 5) is 0.152. The highest BCUT2D eigenvalue weighted by atomic mass is 32.2. The van der Waals surface area contributed by atoms with Crippen LogP contribution < -0.4 is 10.5 Å². The minimum atomic E-state index is -3.60. The van der Waals surface area contributed by atoms with Crippen molar-refractivity contribution in [2.75, 3.05) is 12.3 Å². The van der Waals surface area contributed by atoms with Gasteiger partial charge in [-0.3, -0.25) is 0 Å². The van der Waals surface area contributed by atoms with Crippen LogP contribution in [0.5, 0.6) is 0 Å². The van der Waals surface area contributed by atoms with Crippen LogP contribution in [0.25, 0.3) is 0 Å². The van der Waals surface area contributed by atoms with Gasteiger partial charge in [0.15, 0.2) is 0 Å². The minimum absolute atomic E-state index is 0.152. The molecule has 18 heavy (non-hydrogen) atoms.